The van der Waals surface area contributed by atoms with Crippen molar-refractivity contribution in [2.45, 2.75) is 13.0 Å². The summed E-state index contributed by atoms with van der Waals surface area (Å²) in [6.07, 6.45) is 0. The van der Waals surface area contributed by atoms with Crippen LogP contribution in [-0.2, 0) is 14.3 Å². The monoisotopic (exact) mass is 372 g/mol. The molecule has 0 radical (unpaired) electrons. The first-order valence-corrected chi connectivity index (χ1v) is 7.98. The zero-order chi connectivity index (χ0) is 17.9. The zero-order valence-corrected chi connectivity index (χ0v) is 15.1. The molecule has 1 aliphatic rings. The van der Waals surface area contributed by atoms with Crippen molar-refractivity contribution in [3.63, 3.8) is 0 Å². The molecule has 0 bridgehead atoms. The number of carbonyl (C=O) groups excluding carboxylic acids is 2. The highest BCUT2D eigenvalue weighted by Crippen LogP contribution is 2.33. The molecule has 1 heterocycles. The number of nitrogens with zero attached hydrogens (tertiary/aromatic N) is 1. The number of esters is 1. The molecule has 6 nitrogen and oxygen atoms in total. The van der Waals surface area contributed by atoms with Crippen molar-refractivity contribution in [2.75, 3.05) is 27.4 Å². The molecule has 0 fully saturated rings. The predicted molar refractivity (Wildman–Crippen MR) is 91.0 cm³/mol. The van der Waals surface area contributed by atoms with E-state index in [4.69, 9.17) is 32.7 Å². The van der Waals surface area contributed by atoms with E-state index in [1.165, 1.54) is 12.0 Å². The Balaban J connectivity index is 2.40. The van der Waals surface area contributed by atoms with E-state index in [2.05, 4.69) is 5.32 Å². The Morgan fingerprint density at radius 1 is 1.29 bits per heavy atom. The topological polar surface area (TPSA) is 67.9 Å². The van der Waals surface area contributed by atoms with Crippen LogP contribution in [0.5, 0.6) is 0 Å². The smallest absolute Gasteiger partial charge is 0.338 e. The van der Waals surface area contributed by atoms with Gasteiger partial charge < -0.3 is 19.7 Å². The van der Waals surface area contributed by atoms with E-state index in [1.807, 2.05) is 0 Å². The van der Waals surface area contributed by atoms with Gasteiger partial charge in [0.05, 0.1) is 28.3 Å². The summed E-state index contributed by atoms with van der Waals surface area (Å²) in [6, 6.07) is 3.96. The van der Waals surface area contributed by atoms with E-state index < -0.39 is 12.0 Å². The standard InChI is InChI=1S/C16H18Cl2N2O4/c1-9-13(15(21)24-7-6-23-3)14(19-16(22)20(9)2)10-4-5-11(17)12(18)8-10/h4-5,8,14H,6-7H2,1-3H3,(H,19,22)/t14-/m0/s1. The van der Waals surface area contributed by atoms with Gasteiger partial charge in [-0.05, 0) is 24.6 Å². The Labute approximate surface area is 150 Å². The summed E-state index contributed by atoms with van der Waals surface area (Å²) in [7, 11) is 3.10. The second-order valence-corrected chi connectivity index (χ2v) is 6.06. The average Bonchev–Trinajstić information content (AvgIpc) is 2.55. The Kier molecular flexibility index (Phi) is 6.10. The average molecular weight is 373 g/mol. The van der Waals surface area contributed by atoms with E-state index in [1.54, 1.807) is 32.2 Å². The summed E-state index contributed by atoms with van der Waals surface area (Å²) in [6.45, 7) is 2.10. The van der Waals surface area contributed by atoms with Gasteiger partial charge in [-0.1, -0.05) is 29.3 Å². The normalized spacial score (nSPS) is 17.8. The SMILES string of the molecule is COCCOC(=O)C1=C(C)N(C)C(=O)N[C@H]1c1ccc(Cl)c(Cl)c1. The first-order chi connectivity index (χ1) is 11.4. The lowest BCUT2D eigenvalue weighted by Gasteiger charge is -2.33. The van der Waals surface area contributed by atoms with Gasteiger partial charge in [-0.3, -0.25) is 0 Å². The largest absolute Gasteiger partial charge is 0.460 e. The van der Waals surface area contributed by atoms with Gasteiger partial charge in [0.2, 0.25) is 0 Å². The third kappa shape index (κ3) is 3.83. The Bertz CT molecular complexity index is 691. The molecular weight excluding hydrogens is 355 g/mol. The van der Waals surface area contributed by atoms with Crippen molar-refractivity contribution in [1.82, 2.24) is 10.2 Å². The summed E-state index contributed by atoms with van der Waals surface area (Å²) in [5, 5.41) is 3.51. The molecule has 1 atom stereocenters. The van der Waals surface area contributed by atoms with Gasteiger partial charge in [0.15, 0.2) is 0 Å². The minimum atomic E-state index is -0.668. The lowest BCUT2D eigenvalue weighted by Crippen LogP contribution is -2.46. The Morgan fingerprint density at radius 3 is 2.62 bits per heavy atom. The van der Waals surface area contributed by atoms with Gasteiger partial charge in [-0.2, -0.15) is 0 Å². The Hall–Kier alpha value is -1.76. The van der Waals surface area contributed by atoms with E-state index >= 15 is 0 Å². The number of rotatable bonds is 5. The van der Waals surface area contributed by atoms with Gasteiger partial charge in [0.1, 0.15) is 6.61 Å². The minimum Gasteiger partial charge on any atom is -0.460 e. The fraction of sp³-hybridized carbons (Fsp3) is 0.375. The molecule has 0 saturated carbocycles. The molecule has 0 saturated heterocycles. The number of carbonyl (C=O) groups is 2. The van der Waals surface area contributed by atoms with Crippen LogP contribution in [0.4, 0.5) is 4.79 Å². The molecule has 1 N–H and O–H groups in total. The number of benzene rings is 1. The number of allylic oxidation sites excluding steroid dienone is 1. The summed E-state index contributed by atoms with van der Waals surface area (Å²) in [5.74, 6) is -0.521. The van der Waals surface area contributed by atoms with Gasteiger partial charge in [-0.15, -0.1) is 0 Å². The minimum absolute atomic E-state index is 0.123. The number of ether oxygens (including phenoxy) is 2. The number of urea groups is 1. The van der Waals surface area contributed by atoms with Gasteiger partial charge in [0, 0.05) is 19.9 Å². The number of methoxy groups -OCH3 is 1. The van der Waals surface area contributed by atoms with Gasteiger partial charge in [0.25, 0.3) is 0 Å². The molecule has 1 aromatic rings. The van der Waals surface area contributed by atoms with Crippen LogP contribution in [0.25, 0.3) is 0 Å². The van der Waals surface area contributed by atoms with E-state index in [9.17, 15) is 9.59 Å². The fourth-order valence-corrected chi connectivity index (χ4v) is 2.64. The molecule has 8 heteroatoms. The molecule has 0 aliphatic carbocycles. The molecule has 24 heavy (non-hydrogen) atoms. The zero-order valence-electron chi connectivity index (χ0n) is 13.6. The summed E-state index contributed by atoms with van der Waals surface area (Å²) < 4.78 is 10.1. The van der Waals surface area contributed by atoms with Crippen LogP contribution in [0.3, 0.4) is 0 Å². The lowest BCUT2D eigenvalue weighted by molar-refractivity contribution is -0.140. The first-order valence-electron chi connectivity index (χ1n) is 7.22. The molecule has 1 aliphatic heterocycles. The van der Waals surface area contributed by atoms with Crippen molar-refractivity contribution in [3.8, 4) is 0 Å². The highest BCUT2D eigenvalue weighted by atomic mass is 35.5. The third-order valence-electron chi connectivity index (χ3n) is 3.77. The van der Waals surface area contributed by atoms with Gasteiger partial charge in [-0.25, -0.2) is 9.59 Å². The van der Waals surface area contributed by atoms with Crippen LogP contribution >= 0.6 is 23.2 Å². The van der Waals surface area contributed by atoms with Crippen molar-refractivity contribution in [3.05, 3.63) is 45.1 Å². The highest BCUT2D eigenvalue weighted by Gasteiger charge is 2.35. The maximum Gasteiger partial charge on any atom is 0.338 e. The van der Waals surface area contributed by atoms with Crippen LogP contribution in [0.2, 0.25) is 10.0 Å². The van der Waals surface area contributed by atoms with Crippen LogP contribution in [0, 0.1) is 0 Å². The second-order valence-electron chi connectivity index (χ2n) is 5.24. The lowest BCUT2D eigenvalue weighted by atomic mass is 9.95. The molecule has 0 spiro atoms. The number of amides is 2. The fourth-order valence-electron chi connectivity index (χ4n) is 2.34. The molecule has 130 valence electrons. The van der Waals surface area contributed by atoms with Gasteiger partial charge >= 0.3 is 12.0 Å². The molecular formula is C16H18Cl2N2O4. The third-order valence-corrected chi connectivity index (χ3v) is 4.51. The van der Waals surface area contributed by atoms with Crippen LogP contribution in [0.15, 0.2) is 29.5 Å². The van der Waals surface area contributed by atoms with Crippen LogP contribution in [-0.4, -0.2) is 44.3 Å². The number of halogens is 2. The number of hydrogen-bond acceptors (Lipinski definition) is 4. The van der Waals surface area contributed by atoms with Crippen molar-refractivity contribution < 1.29 is 19.1 Å². The quantitative estimate of drug-likeness (QED) is 0.636. The molecule has 0 unspecified atom stereocenters. The Morgan fingerprint density at radius 2 is 2.00 bits per heavy atom. The maximum atomic E-state index is 12.5. The van der Waals surface area contributed by atoms with Crippen LogP contribution < -0.4 is 5.32 Å². The summed E-state index contributed by atoms with van der Waals surface area (Å²) in [5.41, 5.74) is 1.49. The first kappa shape index (κ1) is 18.6. The summed E-state index contributed by atoms with van der Waals surface area (Å²) >= 11 is 12.0. The molecule has 2 rings (SSSR count). The predicted octanol–water partition coefficient (Wildman–Crippen LogP) is 3.15. The maximum absolute atomic E-state index is 12.5. The summed E-state index contributed by atoms with van der Waals surface area (Å²) in [4.78, 5) is 26.0. The molecule has 0 aromatic heterocycles. The van der Waals surface area contributed by atoms with Crippen molar-refractivity contribution >= 4 is 35.2 Å². The van der Waals surface area contributed by atoms with Crippen LogP contribution in [0.1, 0.15) is 18.5 Å². The number of hydrogen-bond donors (Lipinski definition) is 1. The van der Waals surface area contributed by atoms with E-state index in [0.29, 0.717) is 26.9 Å². The van der Waals surface area contributed by atoms with E-state index in [0.717, 1.165) is 0 Å². The molecule has 2 amide bonds. The number of nitrogens with one attached hydrogen (secondary N) is 1. The molecule has 1 aromatic carbocycles. The van der Waals surface area contributed by atoms with Crippen molar-refractivity contribution in [2.24, 2.45) is 0 Å². The van der Waals surface area contributed by atoms with E-state index in [-0.39, 0.29) is 19.2 Å². The highest BCUT2D eigenvalue weighted by molar-refractivity contribution is 6.42. The van der Waals surface area contributed by atoms with Crippen molar-refractivity contribution in [1.29, 1.82) is 0 Å². The second kappa shape index (κ2) is 7.88.